The lowest BCUT2D eigenvalue weighted by Gasteiger charge is -2.14. The number of guanidine groups is 1. The highest BCUT2D eigenvalue weighted by molar-refractivity contribution is 5.81. The summed E-state index contributed by atoms with van der Waals surface area (Å²) in [6.45, 7) is 6.14. The van der Waals surface area contributed by atoms with Gasteiger partial charge in [0.2, 0.25) is 5.91 Å². The Bertz CT molecular complexity index is 533. The molecule has 0 saturated heterocycles. The van der Waals surface area contributed by atoms with Crippen LogP contribution in [0.1, 0.15) is 50.2 Å². The standard InChI is InChI=1S/C19H30N4O/c1-3-20-19(22-14-16-10-8-15(2)9-11-16)21-13-12-18(24)23-17-6-4-5-7-17/h8-11,17H,3-7,12-14H2,1-2H3,(H,23,24)(H2,20,21,22). The predicted octanol–water partition coefficient (Wildman–Crippen LogP) is 2.50. The molecule has 0 atom stereocenters. The topological polar surface area (TPSA) is 65.5 Å². The van der Waals surface area contributed by atoms with Crippen LogP contribution in [0.15, 0.2) is 29.3 Å². The maximum atomic E-state index is 11.9. The van der Waals surface area contributed by atoms with Crippen LogP contribution in [0.25, 0.3) is 0 Å². The molecule has 1 saturated carbocycles. The molecule has 5 nitrogen and oxygen atoms in total. The number of carbonyl (C=O) groups excluding carboxylic acids is 1. The van der Waals surface area contributed by atoms with Gasteiger partial charge in [-0.2, -0.15) is 0 Å². The average molecular weight is 330 g/mol. The smallest absolute Gasteiger partial charge is 0.221 e. The monoisotopic (exact) mass is 330 g/mol. The minimum atomic E-state index is 0.129. The molecule has 3 N–H and O–H groups in total. The van der Waals surface area contributed by atoms with Gasteiger partial charge >= 0.3 is 0 Å². The van der Waals surface area contributed by atoms with E-state index in [1.54, 1.807) is 0 Å². The number of aliphatic imine (C=N–C) groups is 1. The van der Waals surface area contributed by atoms with E-state index in [1.165, 1.54) is 24.0 Å². The first kappa shape index (κ1) is 18.3. The lowest BCUT2D eigenvalue weighted by atomic mass is 10.1. The second-order valence-corrected chi connectivity index (χ2v) is 6.41. The molecule has 0 aromatic heterocycles. The molecule has 24 heavy (non-hydrogen) atoms. The van der Waals surface area contributed by atoms with Crippen LogP contribution >= 0.6 is 0 Å². The minimum absolute atomic E-state index is 0.129. The molecule has 1 aliphatic rings. The van der Waals surface area contributed by atoms with E-state index in [0.29, 0.717) is 25.6 Å². The van der Waals surface area contributed by atoms with Crippen molar-refractivity contribution in [1.82, 2.24) is 16.0 Å². The van der Waals surface area contributed by atoms with Gasteiger partial charge in [-0.1, -0.05) is 42.7 Å². The fourth-order valence-electron chi connectivity index (χ4n) is 2.87. The van der Waals surface area contributed by atoms with Crippen LogP contribution < -0.4 is 16.0 Å². The van der Waals surface area contributed by atoms with Gasteiger partial charge in [0, 0.05) is 25.6 Å². The van der Waals surface area contributed by atoms with E-state index in [1.807, 2.05) is 6.92 Å². The zero-order valence-electron chi connectivity index (χ0n) is 14.9. The number of benzene rings is 1. The first-order valence-corrected chi connectivity index (χ1v) is 9.04. The highest BCUT2D eigenvalue weighted by Gasteiger charge is 2.16. The van der Waals surface area contributed by atoms with Gasteiger partial charge in [-0.25, -0.2) is 4.99 Å². The Balaban J connectivity index is 1.74. The summed E-state index contributed by atoms with van der Waals surface area (Å²) in [6.07, 6.45) is 5.20. The first-order chi connectivity index (χ1) is 11.7. The normalized spacial score (nSPS) is 15.3. The second kappa shape index (κ2) is 9.96. The second-order valence-electron chi connectivity index (χ2n) is 6.41. The molecule has 0 unspecified atom stereocenters. The van der Waals surface area contributed by atoms with Crippen LogP contribution in [0.2, 0.25) is 0 Å². The van der Waals surface area contributed by atoms with E-state index in [2.05, 4.69) is 52.1 Å². The summed E-state index contributed by atoms with van der Waals surface area (Å²) >= 11 is 0. The van der Waals surface area contributed by atoms with Gasteiger partial charge in [-0.3, -0.25) is 4.79 Å². The van der Waals surface area contributed by atoms with Crippen LogP contribution in [-0.4, -0.2) is 31.0 Å². The highest BCUT2D eigenvalue weighted by Crippen LogP contribution is 2.17. The van der Waals surface area contributed by atoms with Gasteiger partial charge in [0.15, 0.2) is 5.96 Å². The zero-order valence-corrected chi connectivity index (χ0v) is 14.9. The average Bonchev–Trinajstić information content (AvgIpc) is 3.07. The third kappa shape index (κ3) is 6.60. The third-order valence-corrected chi connectivity index (χ3v) is 4.25. The summed E-state index contributed by atoms with van der Waals surface area (Å²) in [4.78, 5) is 16.5. The summed E-state index contributed by atoms with van der Waals surface area (Å²) in [5, 5.41) is 9.56. The number of hydrogen-bond acceptors (Lipinski definition) is 2. The molecule has 5 heteroatoms. The van der Waals surface area contributed by atoms with Gasteiger partial charge in [-0.15, -0.1) is 0 Å². The molecule has 0 spiro atoms. The number of aryl methyl sites for hydroxylation is 1. The quantitative estimate of drug-likeness (QED) is 0.532. The van der Waals surface area contributed by atoms with Crippen molar-refractivity contribution in [1.29, 1.82) is 0 Å². The molecule has 0 heterocycles. The van der Waals surface area contributed by atoms with E-state index in [4.69, 9.17) is 0 Å². The van der Waals surface area contributed by atoms with Gasteiger partial charge in [0.1, 0.15) is 0 Å². The fourth-order valence-corrected chi connectivity index (χ4v) is 2.87. The van der Waals surface area contributed by atoms with Crippen LogP contribution in [0.5, 0.6) is 0 Å². The molecule has 2 rings (SSSR count). The van der Waals surface area contributed by atoms with Crippen molar-refractivity contribution in [3.8, 4) is 0 Å². The van der Waals surface area contributed by atoms with E-state index < -0.39 is 0 Å². The van der Waals surface area contributed by atoms with Gasteiger partial charge in [-0.05, 0) is 32.3 Å². The number of amides is 1. The lowest BCUT2D eigenvalue weighted by Crippen LogP contribution is -2.40. The Labute approximate surface area is 145 Å². The molecule has 1 fully saturated rings. The molecule has 1 aliphatic carbocycles. The van der Waals surface area contributed by atoms with Crippen molar-refractivity contribution >= 4 is 11.9 Å². The van der Waals surface area contributed by atoms with Gasteiger partial charge < -0.3 is 16.0 Å². The Morgan fingerprint density at radius 3 is 2.54 bits per heavy atom. The Morgan fingerprint density at radius 1 is 1.17 bits per heavy atom. The minimum Gasteiger partial charge on any atom is -0.357 e. The van der Waals surface area contributed by atoms with Crippen LogP contribution in [-0.2, 0) is 11.3 Å². The van der Waals surface area contributed by atoms with E-state index in [-0.39, 0.29) is 5.91 Å². The summed E-state index contributed by atoms with van der Waals surface area (Å²) in [6, 6.07) is 8.77. The van der Waals surface area contributed by atoms with Crippen LogP contribution in [0, 0.1) is 6.92 Å². The Kier molecular flexibility index (Phi) is 7.59. The molecule has 1 aromatic rings. The number of carbonyl (C=O) groups is 1. The van der Waals surface area contributed by atoms with Crippen LogP contribution in [0.4, 0.5) is 0 Å². The largest absolute Gasteiger partial charge is 0.357 e. The molecular formula is C19H30N4O. The number of rotatable bonds is 7. The zero-order chi connectivity index (χ0) is 17.2. The van der Waals surface area contributed by atoms with Crippen molar-refractivity contribution in [2.75, 3.05) is 13.1 Å². The lowest BCUT2D eigenvalue weighted by molar-refractivity contribution is -0.121. The number of hydrogen-bond donors (Lipinski definition) is 3. The molecule has 132 valence electrons. The van der Waals surface area contributed by atoms with Gasteiger partial charge in [0.25, 0.3) is 0 Å². The molecule has 1 aromatic carbocycles. The van der Waals surface area contributed by atoms with E-state index in [9.17, 15) is 4.79 Å². The first-order valence-electron chi connectivity index (χ1n) is 9.04. The van der Waals surface area contributed by atoms with Crippen molar-refractivity contribution in [2.45, 2.75) is 58.5 Å². The SMILES string of the molecule is CCNC(=NCc1ccc(C)cc1)NCCC(=O)NC1CCCC1. The van der Waals surface area contributed by atoms with Crippen molar-refractivity contribution in [3.05, 3.63) is 35.4 Å². The summed E-state index contributed by atoms with van der Waals surface area (Å²) in [7, 11) is 0. The van der Waals surface area contributed by atoms with E-state index >= 15 is 0 Å². The van der Waals surface area contributed by atoms with E-state index in [0.717, 1.165) is 25.3 Å². The molecular weight excluding hydrogens is 300 g/mol. The third-order valence-electron chi connectivity index (χ3n) is 4.25. The van der Waals surface area contributed by atoms with Crippen molar-refractivity contribution in [2.24, 2.45) is 4.99 Å². The summed E-state index contributed by atoms with van der Waals surface area (Å²) in [5.74, 6) is 0.885. The van der Waals surface area contributed by atoms with Crippen molar-refractivity contribution in [3.63, 3.8) is 0 Å². The molecule has 1 amide bonds. The Hall–Kier alpha value is -2.04. The van der Waals surface area contributed by atoms with Crippen molar-refractivity contribution < 1.29 is 4.79 Å². The maximum absolute atomic E-state index is 11.9. The summed E-state index contributed by atoms with van der Waals surface area (Å²) in [5.41, 5.74) is 2.43. The molecule has 0 aliphatic heterocycles. The summed E-state index contributed by atoms with van der Waals surface area (Å²) < 4.78 is 0. The predicted molar refractivity (Wildman–Crippen MR) is 99.0 cm³/mol. The van der Waals surface area contributed by atoms with Crippen LogP contribution in [0.3, 0.4) is 0 Å². The van der Waals surface area contributed by atoms with Gasteiger partial charge in [0.05, 0.1) is 6.54 Å². The fraction of sp³-hybridized carbons (Fsp3) is 0.579. The maximum Gasteiger partial charge on any atom is 0.221 e. The molecule has 0 radical (unpaired) electrons. The molecule has 0 bridgehead atoms. The Morgan fingerprint density at radius 2 is 1.88 bits per heavy atom. The highest BCUT2D eigenvalue weighted by atomic mass is 16.1. The number of nitrogens with zero attached hydrogens (tertiary/aromatic N) is 1. The number of nitrogens with one attached hydrogen (secondary N) is 3.